The summed E-state index contributed by atoms with van der Waals surface area (Å²) < 4.78 is 5.23. The number of nitrogens with zero attached hydrogens (tertiary/aromatic N) is 1. The van der Waals surface area contributed by atoms with Crippen molar-refractivity contribution in [1.29, 1.82) is 0 Å². The maximum Gasteiger partial charge on any atom is 0.273 e. The lowest BCUT2D eigenvalue weighted by Gasteiger charge is -2.15. The van der Waals surface area contributed by atoms with Crippen LogP contribution in [-0.2, 0) is 0 Å². The molecule has 17 heavy (non-hydrogen) atoms. The van der Waals surface area contributed by atoms with Gasteiger partial charge < -0.3 is 9.73 Å². The van der Waals surface area contributed by atoms with Gasteiger partial charge >= 0.3 is 0 Å². The van der Waals surface area contributed by atoms with Gasteiger partial charge in [-0.05, 0) is 13.3 Å². The number of nitrogens with one attached hydrogen (secondary N) is 1. The van der Waals surface area contributed by atoms with Crippen molar-refractivity contribution >= 4 is 14.0 Å². The first-order valence-corrected chi connectivity index (χ1v) is 9.72. The summed E-state index contributed by atoms with van der Waals surface area (Å²) in [5, 5.41) is 2.89. The summed E-state index contributed by atoms with van der Waals surface area (Å²) in [5.41, 5.74) is 0.413. The van der Waals surface area contributed by atoms with E-state index in [1.807, 2.05) is 0 Å². The molecule has 5 heteroatoms. The number of carbonyl (C=O) groups is 1. The van der Waals surface area contributed by atoms with Gasteiger partial charge in [-0.3, -0.25) is 4.79 Å². The lowest BCUT2D eigenvalue weighted by molar-refractivity contribution is 0.0947. The van der Waals surface area contributed by atoms with E-state index in [2.05, 4.69) is 29.9 Å². The fourth-order valence-corrected chi connectivity index (χ4v) is 2.88. The molecule has 1 heterocycles. The van der Waals surface area contributed by atoms with Gasteiger partial charge in [-0.15, -0.1) is 0 Å². The van der Waals surface area contributed by atoms with Crippen molar-refractivity contribution in [2.75, 3.05) is 6.54 Å². The minimum absolute atomic E-state index is 0.130. The highest BCUT2D eigenvalue weighted by atomic mass is 28.3. The summed E-state index contributed by atoms with van der Waals surface area (Å²) in [4.78, 5) is 15.8. The molecule has 1 aromatic heterocycles. The van der Waals surface area contributed by atoms with E-state index in [9.17, 15) is 4.79 Å². The van der Waals surface area contributed by atoms with Crippen LogP contribution in [0.4, 0.5) is 0 Å². The lowest BCUT2D eigenvalue weighted by atomic mass is 10.3. The van der Waals surface area contributed by atoms with E-state index in [1.54, 1.807) is 13.8 Å². The molecule has 1 rings (SSSR count). The number of hydrogen-bond acceptors (Lipinski definition) is 3. The van der Waals surface area contributed by atoms with Gasteiger partial charge in [0.05, 0.1) is 0 Å². The van der Waals surface area contributed by atoms with Gasteiger partial charge in [0.1, 0.15) is 5.76 Å². The van der Waals surface area contributed by atoms with Gasteiger partial charge in [0, 0.05) is 21.5 Å². The highest BCUT2D eigenvalue weighted by Crippen LogP contribution is 2.11. The molecule has 0 saturated heterocycles. The number of rotatable bonds is 5. The highest BCUT2D eigenvalue weighted by molar-refractivity contribution is 6.76. The molecule has 0 spiro atoms. The number of oxazole rings is 1. The smallest absolute Gasteiger partial charge is 0.273 e. The van der Waals surface area contributed by atoms with E-state index in [0.29, 0.717) is 23.9 Å². The Balaban J connectivity index is 2.38. The van der Waals surface area contributed by atoms with E-state index in [1.165, 1.54) is 6.04 Å². The second-order valence-electron chi connectivity index (χ2n) is 5.56. The van der Waals surface area contributed by atoms with E-state index in [4.69, 9.17) is 4.42 Å². The fourth-order valence-electron chi connectivity index (χ4n) is 1.64. The summed E-state index contributed by atoms with van der Waals surface area (Å²) >= 11 is 0. The van der Waals surface area contributed by atoms with Crippen molar-refractivity contribution in [1.82, 2.24) is 10.3 Å². The van der Waals surface area contributed by atoms with Crippen LogP contribution >= 0.6 is 0 Å². The van der Waals surface area contributed by atoms with Crippen LogP contribution in [0.5, 0.6) is 0 Å². The Morgan fingerprint density at radius 3 is 2.47 bits per heavy atom. The summed E-state index contributed by atoms with van der Waals surface area (Å²) in [6, 6.07) is 1.23. The number of amides is 1. The van der Waals surface area contributed by atoms with Crippen molar-refractivity contribution in [3.63, 3.8) is 0 Å². The number of aryl methyl sites for hydroxylation is 2. The van der Waals surface area contributed by atoms with E-state index in [-0.39, 0.29) is 5.91 Å². The maximum absolute atomic E-state index is 11.8. The monoisotopic (exact) mass is 254 g/mol. The van der Waals surface area contributed by atoms with Crippen molar-refractivity contribution < 1.29 is 9.21 Å². The Bertz CT molecular complexity index is 394. The van der Waals surface area contributed by atoms with E-state index >= 15 is 0 Å². The van der Waals surface area contributed by atoms with E-state index < -0.39 is 8.07 Å². The van der Waals surface area contributed by atoms with Gasteiger partial charge in [-0.2, -0.15) is 0 Å². The van der Waals surface area contributed by atoms with Gasteiger partial charge in [-0.1, -0.05) is 25.7 Å². The number of hydrogen-bond donors (Lipinski definition) is 1. The zero-order valence-electron chi connectivity index (χ0n) is 11.4. The molecule has 4 nitrogen and oxygen atoms in total. The van der Waals surface area contributed by atoms with Crippen LogP contribution in [0.25, 0.3) is 0 Å². The normalized spacial score (nSPS) is 11.6. The molecule has 0 atom stereocenters. The quantitative estimate of drug-likeness (QED) is 0.649. The third-order valence-corrected chi connectivity index (χ3v) is 4.36. The van der Waals surface area contributed by atoms with Crippen molar-refractivity contribution in [3.8, 4) is 0 Å². The molecule has 1 amide bonds. The molecular weight excluding hydrogens is 232 g/mol. The van der Waals surface area contributed by atoms with Crippen LogP contribution in [0.3, 0.4) is 0 Å². The Morgan fingerprint density at radius 2 is 2.00 bits per heavy atom. The zero-order chi connectivity index (χ0) is 13.1. The maximum atomic E-state index is 11.8. The standard InChI is InChI=1S/C12H22N2O2Si/c1-9-11(14-10(2)16-9)12(15)13-7-6-8-17(3,4)5/h6-8H2,1-5H3,(H,13,15). The SMILES string of the molecule is Cc1nc(C(=O)NCCC[Si](C)(C)C)c(C)o1. The minimum atomic E-state index is -1.00. The van der Waals surface area contributed by atoms with Crippen LogP contribution in [0.2, 0.25) is 25.7 Å². The average Bonchev–Trinajstić information content (AvgIpc) is 2.51. The molecule has 0 unspecified atom stereocenters. The zero-order valence-corrected chi connectivity index (χ0v) is 12.4. The second kappa shape index (κ2) is 5.49. The van der Waals surface area contributed by atoms with E-state index in [0.717, 1.165) is 6.42 Å². The minimum Gasteiger partial charge on any atom is -0.445 e. The summed E-state index contributed by atoms with van der Waals surface area (Å²) in [6.45, 7) is 11.2. The summed E-state index contributed by atoms with van der Waals surface area (Å²) in [5.74, 6) is 0.995. The largest absolute Gasteiger partial charge is 0.445 e. The predicted molar refractivity (Wildman–Crippen MR) is 71.1 cm³/mol. The third kappa shape index (κ3) is 4.73. The average molecular weight is 254 g/mol. The molecule has 96 valence electrons. The van der Waals surface area contributed by atoms with Crippen LogP contribution in [0, 0.1) is 13.8 Å². The molecule has 1 aromatic rings. The van der Waals surface area contributed by atoms with Crippen LogP contribution in [-0.4, -0.2) is 25.5 Å². The molecule has 0 bridgehead atoms. The first-order valence-electron chi connectivity index (χ1n) is 6.02. The molecule has 0 aliphatic heterocycles. The first-order chi connectivity index (χ1) is 7.79. The van der Waals surface area contributed by atoms with Crippen LogP contribution in [0.1, 0.15) is 28.6 Å². The molecular formula is C12H22N2O2Si. The molecule has 0 aliphatic carbocycles. The Kier molecular flexibility index (Phi) is 4.51. The van der Waals surface area contributed by atoms with Crippen LogP contribution < -0.4 is 5.32 Å². The Labute approximate surface area is 104 Å². The fraction of sp³-hybridized carbons (Fsp3) is 0.667. The molecule has 0 aliphatic rings. The van der Waals surface area contributed by atoms with Crippen molar-refractivity contribution in [2.24, 2.45) is 0 Å². The molecule has 0 fully saturated rings. The first kappa shape index (κ1) is 14.0. The molecule has 1 N–H and O–H groups in total. The lowest BCUT2D eigenvalue weighted by Crippen LogP contribution is -2.27. The van der Waals surface area contributed by atoms with Crippen LogP contribution in [0.15, 0.2) is 4.42 Å². The van der Waals surface area contributed by atoms with Gasteiger partial charge in [0.2, 0.25) is 0 Å². The van der Waals surface area contributed by atoms with Gasteiger partial charge in [-0.25, -0.2) is 4.98 Å². The second-order valence-corrected chi connectivity index (χ2v) is 11.2. The Hall–Kier alpha value is -1.10. The third-order valence-electron chi connectivity index (χ3n) is 2.51. The number of aromatic nitrogens is 1. The van der Waals surface area contributed by atoms with Crippen molar-refractivity contribution in [3.05, 3.63) is 17.3 Å². The number of carbonyl (C=O) groups excluding carboxylic acids is 1. The molecule has 0 aromatic carbocycles. The summed E-state index contributed by atoms with van der Waals surface area (Å²) in [7, 11) is -1.00. The van der Waals surface area contributed by atoms with Crippen molar-refractivity contribution in [2.45, 2.75) is 46.0 Å². The van der Waals surface area contributed by atoms with Gasteiger partial charge in [0.15, 0.2) is 11.6 Å². The molecule has 0 saturated carbocycles. The predicted octanol–water partition coefficient (Wildman–Crippen LogP) is 2.75. The topological polar surface area (TPSA) is 55.1 Å². The Morgan fingerprint density at radius 1 is 1.35 bits per heavy atom. The summed E-state index contributed by atoms with van der Waals surface area (Å²) in [6.07, 6.45) is 1.04. The van der Waals surface area contributed by atoms with Gasteiger partial charge in [0.25, 0.3) is 5.91 Å². The molecule has 0 radical (unpaired) electrons. The highest BCUT2D eigenvalue weighted by Gasteiger charge is 2.16.